The lowest BCUT2D eigenvalue weighted by molar-refractivity contribution is 0.340. The highest BCUT2D eigenvalue weighted by Crippen LogP contribution is 2.15. The average Bonchev–Trinajstić information content (AvgIpc) is 2.78. The van der Waals surface area contributed by atoms with Gasteiger partial charge < -0.3 is 10.5 Å². The van der Waals surface area contributed by atoms with Crippen LogP contribution in [0.5, 0.6) is 5.75 Å². The second-order valence-electron chi connectivity index (χ2n) is 3.14. The highest BCUT2D eigenvalue weighted by atomic mass is 16.5. The van der Waals surface area contributed by atoms with Gasteiger partial charge in [-0.3, -0.25) is 0 Å². The molecule has 2 rings (SSSR count). The quantitative estimate of drug-likeness (QED) is 0.811. The summed E-state index contributed by atoms with van der Waals surface area (Å²) in [6.45, 7) is 2.90. The first-order valence-corrected chi connectivity index (χ1v) is 5.05. The number of hydrogen-bond donors (Lipinski definition) is 1. The highest BCUT2D eigenvalue weighted by Gasteiger charge is 2.05. The maximum Gasteiger partial charge on any atom is 0.170 e. The van der Waals surface area contributed by atoms with Gasteiger partial charge in [-0.1, -0.05) is 0 Å². The van der Waals surface area contributed by atoms with Crippen LogP contribution in [0.15, 0.2) is 24.3 Å². The maximum atomic E-state index is 5.52. The molecule has 16 heavy (non-hydrogen) atoms. The fourth-order valence-corrected chi connectivity index (χ4v) is 1.38. The van der Waals surface area contributed by atoms with Crippen molar-refractivity contribution < 1.29 is 4.74 Å². The summed E-state index contributed by atoms with van der Waals surface area (Å²) in [6.07, 6.45) is 0. The van der Waals surface area contributed by atoms with Crippen molar-refractivity contribution in [2.75, 3.05) is 6.61 Å². The molecule has 6 nitrogen and oxygen atoms in total. The van der Waals surface area contributed by atoms with Gasteiger partial charge >= 0.3 is 0 Å². The number of tetrazole rings is 1. The number of aromatic nitrogens is 4. The normalized spacial score (nSPS) is 10.4. The van der Waals surface area contributed by atoms with Crippen LogP contribution in [0.25, 0.3) is 5.69 Å². The third-order valence-electron chi connectivity index (χ3n) is 2.11. The van der Waals surface area contributed by atoms with Crippen LogP contribution in [0.3, 0.4) is 0 Å². The van der Waals surface area contributed by atoms with Gasteiger partial charge in [0.05, 0.1) is 18.8 Å². The molecule has 0 spiro atoms. The predicted octanol–water partition coefficient (Wildman–Crippen LogP) is 0.520. The zero-order chi connectivity index (χ0) is 11.4. The van der Waals surface area contributed by atoms with Crippen molar-refractivity contribution >= 4 is 0 Å². The second-order valence-corrected chi connectivity index (χ2v) is 3.14. The molecule has 1 aromatic carbocycles. The molecule has 0 radical (unpaired) electrons. The Morgan fingerprint density at radius 3 is 2.69 bits per heavy atom. The molecule has 0 fully saturated rings. The van der Waals surface area contributed by atoms with Gasteiger partial charge in [0, 0.05) is 0 Å². The molecule has 1 aromatic heterocycles. The fraction of sp³-hybridized carbons (Fsp3) is 0.300. The van der Waals surface area contributed by atoms with Crippen molar-refractivity contribution in [2.24, 2.45) is 5.73 Å². The van der Waals surface area contributed by atoms with Gasteiger partial charge in [-0.15, -0.1) is 5.10 Å². The second kappa shape index (κ2) is 4.71. The summed E-state index contributed by atoms with van der Waals surface area (Å²) in [5.41, 5.74) is 6.39. The lowest BCUT2D eigenvalue weighted by Crippen LogP contribution is -2.07. The minimum absolute atomic E-state index is 0.306. The van der Waals surface area contributed by atoms with Crippen molar-refractivity contribution in [3.8, 4) is 11.4 Å². The standard InChI is InChI=1S/C10H13N5O/c1-2-16-9-5-3-8(4-6-9)15-10(7-11)12-13-14-15/h3-6H,2,7,11H2,1H3. The van der Waals surface area contributed by atoms with Gasteiger partial charge in [0.25, 0.3) is 0 Å². The Kier molecular flexibility index (Phi) is 3.11. The van der Waals surface area contributed by atoms with E-state index in [-0.39, 0.29) is 0 Å². The van der Waals surface area contributed by atoms with E-state index in [9.17, 15) is 0 Å². The Hall–Kier alpha value is -1.95. The van der Waals surface area contributed by atoms with Crippen LogP contribution in [0.2, 0.25) is 0 Å². The molecule has 0 aliphatic rings. The average molecular weight is 219 g/mol. The fourth-order valence-electron chi connectivity index (χ4n) is 1.38. The van der Waals surface area contributed by atoms with E-state index in [0.717, 1.165) is 11.4 Å². The first kappa shape index (κ1) is 10.6. The van der Waals surface area contributed by atoms with Crippen LogP contribution in [0, 0.1) is 0 Å². The zero-order valence-electron chi connectivity index (χ0n) is 9.00. The molecule has 0 amide bonds. The van der Waals surface area contributed by atoms with E-state index in [1.807, 2.05) is 31.2 Å². The third-order valence-corrected chi connectivity index (χ3v) is 2.11. The summed E-state index contributed by atoms with van der Waals surface area (Å²) in [5.74, 6) is 1.46. The van der Waals surface area contributed by atoms with Crippen molar-refractivity contribution in [1.29, 1.82) is 0 Å². The minimum Gasteiger partial charge on any atom is -0.494 e. The van der Waals surface area contributed by atoms with Gasteiger partial charge in [-0.25, -0.2) is 0 Å². The lowest BCUT2D eigenvalue weighted by atomic mass is 10.3. The van der Waals surface area contributed by atoms with E-state index in [1.165, 1.54) is 0 Å². The summed E-state index contributed by atoms with van der Waals surface area (Å²) in [5, 5.41) is 11.3. The minimum atomic E-state index is 0.306. The van der Waals surface area contributed by atoms with Crippen LogP contribution in [-0.2, 0) is 6.54 Å². The van der Waals surface area contributed by atoms with Crippen LogP contribution < -0.4 is 10.5 Å². The summed E-state index contributed by atoms with van der Waals surface area (Å²) in [4.78, 5) is 0. The predicted molar refractivity (Wildman–Crippen MR) is 58.2 cm³/mol. The molecule has 0 unspecified atom stereocenters. The summed E-state index contributed by atoms with van der Waals surface area (Å²) in [6, 6.07) is 7.53. The van der Waals surface area contributed by atoms with E-state index < -0.39 is 0 Å². The SMILES string of the molecule is CCOc1ccc(-n2nnnc2CN)cc1. The Labute approximate surface area is 93.0 Å². The largest absolute Gasteiger partial charge is 0.494 e. The molecule has 6 heteroatoms. The molecule has 0 atom stereocenters. The maximum absolute atomic E-state index is 5.52. The Morgan fingerprint density at radius 1 is 1.31 bits per heavy atom. The smallest absolute Gasteiger partial charge is 0.170 e. The molecule has 2 N–H and O–H groups in total. The summed E-state index contributed by atoms with van der Waals surface area (Å²) in [7, 11) is 0. The van der Waals surface area contributed by atoms with E-state index in [1.54, 1.807) is 4.68 Å². The van der Waals surface area contributed by atoms with E-state index in [4.69, 9.17) is 10.5 Å². The van der Waals surface area contributed by atoms with Crippen LogP contribution in [0.4, 0.5) is 0 Å². The molecular formula is C10H13N5O. The Bertz CT molecular complexity index is 450. The van der Waals surface area contributed by atoms with Crippen molar-refractivity contribution in [1.82, 2.24) is 20.2 Å². The van der Waals surface area contributed by atoms with Gasteiger partial charge in [-0.05, 0) is 41.6 Å². The molecule has 0 aliphatic carbocycles. The molecule has 0 saturated heterocycles. The van der Waals surface area contributed by atoms with E-state index >= 15 is 0 Å². The number of nitrogens with zero attached hydrogens (tertiary/aromatic N) is 4. The Morgan fingerprint density at radius 2 is 2.06 bits per heavy atom. The molecule has 0 bridgehead atoms. The number of rotatable bonds is 4. The monoisotopic (exact) mass is 219 g/mol. The van der Waals surface area contributed by atoms with Crippen molar-refractivity contribution in [3.63, 3.8) is 0 Å². The zero-order valence-corrected chi connectivity index (χ0v) is 9.00. The number of nitrogens with two attached hydrogens (primary N) is 1. The summed E-state index contributed by atoms with van der Waals surface area (Å²) < 4.78 is 6.96. The van der Waals surface area contributed by atoms with Crippen molar-refractivity contribution in [2.45, 2.75) is 13.5 Å². The molecule has 1 heterocycles. The summed E-state index contributed by atoms with van der Waals surface area (Å²) >= 11 is 0. The highest BCUT2D eigenvalue weighted by molar-refractivity contribution is 5.36. The van der Waals surface area contributed by atoms with Crippen LogP contribution in [0.1, 0.15) is 12.7 Å². The number of ether oxygens (including phenoxy) is 1. The van der Waals surface area contributed by atoms with E-state index in [2.05, 4.69) is 15.5 Å². The number of benzene rings is 1. The third kappa shape index (κ3) is 2.01. The van der Waals surface area contributed by atoms with Crippen molar-refractivity contribution in [3.05, 3.63) is 30.1 Å². The van der Waals surface area contributed by atoms with Gasteiger partial charge in [0.1, 0.15) is 5.75 Å². The van der Waals surface area contributed by atoms with Gasteiger partial charge in [-0.2, -0.15) is 4.68 Å². The first-order valence-electron chi connectivity index (χ1n) is 5.05. The molecule has 0 saturated carbocycles. The molecular weight excluding hydrogens is 206 g/mol. The van der Waals surface area contributed by atoms with Crippen LogP contribution in [-0.4, -0.2) is 26.8 Å². The number of hydrogen-bond acceptors (Lipinski definition) is 5. The molecule has 0 aliphatic heterocycles. The van der Waals surface area contributed by atoms with Gasteiger partial charge in [0.15, 0.2) is 5.82 Å². The first-order chi connectivity index (χ1) is 7.85. The molecule has 2 aromatic rings. The van der Waals surface area contributed by atoms with Gasteiger partial charge in [0.2, 0.25) is 0 Å². The topological polar surface area (TPSA) is 78.8 Å². The van der Waals surface area contributed by atoms with E-state index in [0.29, 0.717) is 19.0 Å². The lowest BCUT2D eigenvalue weighted by Gasteiger charge is -2.05. The molecule has 84 valence electrons. The van der Waals surface area contributed by atoms with Crippen LogP contribution >= 0.6 is 0 Å². The Balaban J connectivity index is 2.27.